The number of hydrogen-bond acceptors (Lipinski definition) is 6. The molecule has 0 saturated heterocycles. The van der Waals surface area contributed by atoms with Crippen LogP contribution in [0.2, 0.25) is 0 Å². The van der Waals surface area contributed by atoms with Crippen LogP contribution in [0.15, 0.2) is 11.6 Å². The minimum atomic E-state index is -0.472. The van der Waals surface area contributed by atoms with Gasteiger partial charge in [-0.2, -0.15) is 0 Å². The van der Waals surface area contributed by atoms with Crippen LogP contribution in [0, 0.1) is 34.5 Å². The summed E-state index contributed by atoms with van der Waals surface area (Å²) in [6, 6.07) is 0. The third-order valence-electron chi connectivity index (χ3n) is 10.9. The molecule has 7 atom stereocenters. The van der Waals surface area contributed by atoms with Crippen molar-refractivity contribution in [3.05, 3.63) is 11.6 Å². The number of aliphatic hydroxyl groups excluding tert-OH is 1. The van der Waals surface area contributed by atoms with Crippen LogP contribution in [0.25, 0.3) is 0 Å². The second kappa shape index (κ2) is 11.7. The average Bonchev–Trinajstić information content (AvgIpc) is 3.21. The number of hydrogen-bond donors (Lipinski definition) is 1. The highest BCUT2D eigenvalue weighted by Crippen LogP contribution is 2.66. The van der Waals surface area contributed by atoms with E-state index >= 15 is 0 Å². The summed E-state index contributed by atoms with van der Waals surface area (Å²) in [4.78, 5) is 40.1. The van der Waals surface area contributed by atoms with E-state index in [-0.39, 0.29) is 46.8 Å². The number of carbonyl (C=O) groups is 3. The lowest BCUT2D eigenvalue weighted by Crippen LogP contribution is -2.57. The van der Waals surface area contributed by atoms with E-state index in [2.05, 4.69) is 32.6 Å². The number of carbonyl (C=O) groups excluding carboxylic acids is 3. The monoisotopic (exact) mass is 515 g/mol. The first-order valence-electron chi connectivity index (χ1n) is 15.0. The summed E-state index contributed by atoms with van der Waals surface area (Å²) in [6.07, 6.45) is 10.4. The number of Topliss-reactive ketones (excluding diaryl/α,β-unsaturated/α-hetero) is 1. The Morgan fingerprint density at radius 1 is 1.08 bits per heavy atom. The van der Waals surface area contributed by atoms with Gasteiger partial charge in [0.05, 0.1) is 6.10 Å². The SMILES string of the molecule is CCN(CC)CCCCCC(=O)OCC(=O)[C@H]1CC[C@H]2[C@@H]3CCC4=CC(=O)CC[C@]4(C)[C@H]3[C@@H](O)C[C@]12C. The number of aliphatic hydroxyl groups is 1. The lowest BCUT2D eigenvalue weighted by molar-refractivity contribution is -0.155. The molecule has 208 valence electrons. The van der Waals surface area contributed by atoms with E-state index in [4.69, 9.17) is 4.74 Å². The van der Waals surface area contributed by atoms with Crippen molar-refractivity contribution in [2.24, 2.45) is 34.5 Å². The van der Waals surface area contributed by atoms with Gasteiger partial charge in [0.2, 0.25) is 0 Å². The van der Waals surface area contributed by atoms with Crippen LogP contribution in [0.1, 0.15) is 98.3 Å². The summed E-state index contributed by atoms with van der Waals surface area (Å²) >= 11 is 0. The molecular formula is C31H49NO5. The quantitative estimate of drug-likeness (QED) is 0.304. The third kappa shape index (κ3) is 5.61. The van der Waals surface area contributed by atoms with E-state index in [9.17, 15) is 19.5 Å². The Morgan fingerprint density at radius 2 is 1.84 bits per heavy atom. The highest BCUT2D eigenvalue weighted by Gasteiger charge is 2.62. The largest absolute Gasteiger partial charge is 0.458 e. The van der Waals surface area contributed by atoms with Crippen molar-refractivity contribution in [2.75, 3.05) is 26.2 Å². The van der Waals surface area contributed by atoms with Gasteiger partial charge in [0, 0.05) is 18.8 Å². The summed E-state index contributed by atoms with van der Waals surface area (Å²) in [5.41, 5.74) is 0.871. The zero-order valence-electron chi connectivity index (χ0n) is 23.6. The number of esters is 1. The zero-order chi connectivity index (χ0) is 26.8. The number of allylic oxidation sites excluding steroid dienone is 1. The highest BCUT2D eigenvalue weighted by molar-refractivity contribution is 5.91. The summed E-state index contributed by atoms with van der Waals surface area (Å²) in [7, 11) is 0. The van der Waals surface area contributed by atoms with Crippen LogP contribution in [0.3, 0.4) is 0 Å². The molecule has 3 saturated carbocycles. The Morgan fingerprint density at radius 3 is 2.57 bits per heavy atom. The van der Waals surface area contributed by atoms with E-state index in [0.29, 0.717) is 31.1 Å². The highest BCUT2D eigenvalue weighted by atomic mass is 16.5. The molecule has 0 amide bonds. The molecule has 0 bridgehead atoms. The first-order chi connectivity index (χ1) is 17.6. The van der Waals surface area contributed by atoms with E-state index in [1.807, 2.05) is 6.08 Å². The molecule has 6 nitrogen and oxygen atoms in total. The maximum atomic E-state index is 13.3. The minimum Gasteiger partial charge on any atom is -0.458 e. The summed E-state index contributed by atoms with van der Waals surface area (Å²) in [5, 5.41) is 11.5. The smallest absolute Gasteiger partial charge is 0.306 e. The predicted octanol–water partition coefficient (Wildman–Crippen LogP) is 5.12. The molecule has 0 aromatic carbocycles. The summed E-state index contributed by atoms with van der Waals surface area (Å²) in [6.45, 7) is 11.8. The van der Waals surface area contributed by atoms with Crippen molar-refractivity contribution in [1.82, 2.24) is 4.90 Å². The van der Waals surface area contributed by atoms with Gasteiger partial charge in [-0.3, -0.25) is 14.4 Å². The van der Waals surface area contributed by atoms with Crippen molar-refractivity contribution >= 4 is 17.5 Å². The molecule has 1 N–H and O–H groups in total. The van der Waals surface area contributed by atoms with E-state index < -0.39 is 6.10 Å². The molecule has 0 radical (unpaired) electrons. The maximum absolute atomic E-state index is 13.3. The molecule has 4 aliphatic rings. The molecule has 3 fully saturated rings. The Kier molecular flexibility index (Phi) is 9.00. The molecule has 0 aliphatic heterocycles. The van der Waals surface area contributed by atoms with Gasteiger partial charge in [0.15, 0.2) is 11.6 Å². The summed E-state index contributed by atoms with van der Waals surface area (Å²) < 4.78 is 5.44. The molecular weight excluding hydrogens is 466 g/mol. The van der Waals surface area contributed by atoms with Crippen molar-refractivity contribution in [3.63, 3.8) is 0 Å². The van der Waals surface area contributed by atoms with Gasteiger partial charge in [-0.15, -0.1) is 0 Å². The van der Waals surface area contributed by atoms with Crippen molar-refractivity contribution < 1.29 is 24.2 Å². The fraction of sp³-hybridized carbons (Fsp3) is 0.839. The second-order valence-electron chi connectivity index (χ2n) is 12.8. The van der Waals surface area contributed by atoms with E-state index in [1.54, 1.807) is 0 Å². The van der Waals surface area contributed by atoms with Crippen LogP contribution in [0.4, 0.5) is 0 Å². The lowest BCUT2D eigenvalue weighted by Gasteiger charge is -2.59. The molecule has 0 aromatic heterocycles. The lowest BCUT2D eigenvalue weighted by atomic mass is 9.46. The Balaban J connectivity index is 1.30. The maximum Gasteiger partial charge on any atom is 0.306 e. The fourth-order valence-electron chi connectivity index (χ4n) is 8.86. The fourth-order valence-corrected chi connectivity index (χ4v) is 8.86. The molecule has 37 heavy (non-hydrogen) atoms. The van der Waals surface area contributed by atoms with Gasteiger partial charge in [-0.25, -0.2) is 0 Å². The van der Waals surface area contributed by atoms with Crippen molar-refractivity contribution in [1.29, 1.82) is 0 Å². The second-order valence-corrected chi connectivity index (χ2v) is 12.8. The summed E-state index contributed by atoms with van der Waals surface area (Å²) in [5.74, 6) is 0.747. The first kappa shape index (κ1) is 28.5. The van der Waals surface area contributed by atoms with Crippen LogP contribution >= 0.6 is 0 Å². The van der Waals surface area contributed by atoms with Gasteiger partial charge in [-0.05, 0) is 106 Å². The number of nitrogens with zero attached hydrogens (tertiary/aromatic N) is 1. The molecule has 0 aromatic rings. The van der Waals surface area contributed by atoms with Gasteiger partial charge in [0.25, 0.3) is 0 Å². The van der Waals surface area contributed by atoms with Gasteiger partial charge >= 0.3 is 5.97 Å². The third-order valence-corrected chi connectivity index (χ3v) is 10.9. The van der Waals surface area contributed by atoms with Gasteiger partial charge in [-0.1, -0.05) is 39.7 Å². The number of ketones is 2. The normalized spacial score (nSPS) is 37.0. The topological polar surface area (TPSA) is 83.9 Å². The van der Waals surface area contributed by atoms with Crippen LogP contribution in [0.5, 0.6) is 0 Å². The zero-order valence-corrected chi connectivity index (χ0v) is 23.6. The number of fused-ring (bicyclic) bond motifs is 5. The van der Waals surface area contributed by atoms with E-state index in [1.165, 1.54) is 5.57 Å². The molecule has 0 unspecified atom stereocenters. The molecule has 4 rings (SSSR count). The predicted molar refractivity (Wildman–Crippen MR) is 144 cm³/mol. The Bertz CT molecular complexity index is 894. The van der Waals surface area contributed by atoms with Crippen molar-refractivity contribution in [3.8, 4) is 0 Å². The molecule has 4 aliphatic carbocycles. The average molecular weight is 516 g/mol. The van der Waals surface area contributed by atoms with Crippen LogP contribution in [-0.2, 0) is 19.1 Å². The van der Waals surface area contributed by atoms with Gasteiger partial charge < -0.3 is 14.7 Å². The molecule has 0 heterocycles. The standard InChI is InChI=1S/C31H49NO5/c1-5-32(6-2)17-9-7-8-10-28(36)37-20-27(35)25-14-13-24-23-12-11-21-18-22(33)15-16-30(21,3)29(23)26(34)19-31(24,25)4/h18,23-26,29,34H,5-17,19-20H2,1-4H3/t23-,24-,25+,26-,29+,30-,31-/m0/s1. The number of unbranched alkanes of at least 4 members (excludes halogenated alkanes) is 2. The Labute approximate surface area is 223 Å². The molecule has 0 spiro atoms. The Hall–Kier alpha value is -1.53. The first-order valence-corrected chi connectivity index (χ1v) is 15.0. The van der Waals surface area contributed by atoms with Crippen molar-refractivity contribution in [2.45, 2.75) is 104 Å². The number of ether oxygens (including phenoxy) is 1. The number of rotatable bonds is 11. The van der Waals surface area contributed by atoms with Crippen LogP contribution < -0.4 is 0 Å². The van der Waals surface area contributed by atoms with E-state index in [0.717, 1.165) is 71.0 Å². The molecule has 6 heteroatoms. The van der Waals surface area contributed by atoms with Crippen LogP contribution in [-0.4, -0.2) is 59.9 Å². The minimum absolute atomic E-state index is 0.0244. The van der Waals surface area contributed by atoms with Gasteiger partial charge in [0.1, 0.15) is 6.61 Å².